The fraction of sp³-hybridized carbons (Fsp3) is 0.190. The summed E-state index contributed by atoms with van der Waals surface area (Å²) in [5, 5.41) is 12.3. The normalized spacial score (nSPS) is 13.6. The minimum absolute atomic E-state index is 0.0630. The van der Waals surface area contributed by atoms with Gasteiger partial charge in [0.05, 0.1) is 23.4 Å². The lowest BCUT2D eigenvalue weighted by Crippen LogP contribution is -2.57. The molecule has 1 aliphatic rings. The Balaban J connectivity index is 1.43. The number of nitrogens with zero attached hydrogens (tertiary/aromatic N) is 3. The van der Waals surface area contributed by atoms with E-state index in [1.807, 2.05) is 25.1 Å². The molecule has 1 aliphatic heterocycles. The van der Waals surface area contributed by atoms with Gasteiger partial charge in [0.1, 0.15) is 0 Å². The van der Waals surface area contributed by atoms with Gasteiger partial charge >= 0.3 is 5.69 Å². The lowest BCUT2D eigenvalue weighted by molar-refractivity contribution is 0.0625. The first kappa shape index (κ1) is 17.6. The van der Waals surface area contributed by atoms with Crippen LogP contribution in [-0.4, -0.2) is 39.5 Å². The van der Waals surface area contributed by atoms with Crippen LogP contribution >= 0.6 is 0 Å². The van der Waals surface area contributed by atoms with Crippen molar-refractivity contribution in [1.29, 1.82) is 5.26 Å². The van der Waals surface area contributed by atoms with Gasteiger partial charge in [-0.3, -0.25) is 9.36 Å². The SMILES string of the molecule is Cc1c[nH]c(=O)n1-c1cccc(C(=O)N2CC(Nc3cccc(C#N)c3)C2)c1. The highest BCUT2D eigenvalue weighted by molar-refractivity contribution is 5.95. The van der Waals surface area contributed by atoms with E-state index in [2.05, 4.69) is 16.4 Å². The van der Waals surface area contributed by atoms with Crippen molar-refractivity contribution in [2.45, 2.75) is 13.0 Å². The topological polar surface area (TPSA) is 93.9 Å². The summed E-state index contributed by atoms with van der Waals surface area (Å²) in [7, 11) is 0. The molecule has 3 aromatic rings. The van der Waals surface area contributed by atoms with Gasteiger partial charge in [0.2, 0.25) is 0 Å². The number of anilines is 1. The zero-order chi connectivity index (χ0) is 19.7. The Labute approximate surface area is 161 Å². The summed E-state index contributed by atoms with van der Waals surface area (Å²) in [6, 6.07) is 16.6. The molecule has 2 aromatic carbocycles. The van der Waals surface area contributed by atoms with Crippen LogP contribution in [0.15, 0.2) is 59.5 Å². The molecule has 7 nitrogen and oxygen atoms in total. The lowest BCUT2D eigenvalue weighted by atomic mass is 10.1. The highest BCUT2D eigenvalue weighted by atomic mass is 16.2. The highest BCUT2D eigenvalue weighted by Crippen LogP contribution is 2.20. The molecule has 0 unspecified atom stereocenters. The maximum Gasteiger partial charge on any atom is 0.330 e. The number of hydrogen-bond acceptors (Lipinski definition) is 4. The molecule has 1 saturated heterocycles. The van der Waals surface area contributed by atoms with E-state index >= 15 is 0 Å². The summed E-state index contributed by atoms with van der Waals surface area (Å²) in [5.41, 5.74) is 3.25. The van der Waals surface area contributed by atoms with Gasteiger partial charge in [0, 0.05) is 36.2 Å². The predicted octanol–water partition coefficient (Wildman–Crippen LogP) is 2.28. The molecule has 2 heterocycles. The fourth-order valence-electron chi connectivity index (χ4n) is 3.39. The van der Waals surface area contributed by atoms with Crippen molar-refractivity contribution in [3.8, 4) is 11.8 Å². The number of nitrogens with one attached hydrogen (secondary N) is 2. The van der Waals surface area contributed by atoms with Gasteiger partial charge < -0.3 is 15.2 Å². The van der Waals surface area contributed by atoms with Gasteiger partial charge in [-0.25, -0.2) is 4.79 Å². The van der Waals surface area contributed by atoms with Gasteiger partial charge in [0.15, 0.2) is 0 Å². The smallest absolute Gasteiger partial charge is 0.330 e. The van der Waals surface area contributed by atoms with Crippen LogP contribution in [0.25, 0.3) is 5.69 Å². The van der Waals surface area contributed by atoms with Gasteiger partial charge in [-0.15, -0.1) is 0 Å². The number of carbonyl (C=O) groups is 1. The van der Waals surface area contributed by atoms with Crippen LogP contribution < -0.4 is 11.0 Å². The number of amides is 1. The molecule has 0 radical (unpaired) electrons. The molecule has 1 aromatic heterocycles. The van der Waals surface area contributed by atoms with Crippen LogP contribution in [0.5, 0.6) is 0 Å². The summed E-state index contributed by atoms with van der Waals surface area (Å²) in [6.07, 6.45) is 1.64. The number of carbonyl (C=O) groups excluding carboxylic acids is 1. The van der Waals surface area contributed by atoms with Crippen molar-refractivity contribution >= 4 is 11.6 Å². The van der Waals surface area contributed by atoms with Crippen LogP contribution in [0.3, 0.4) is 0 Å². The zero-order valence-electron chi connectivity index (χ0n) is 15.3. The number of rotatable bonds is 4. The first-order chi connectivity index (χ1) is 13.5. The second-order valence-corrected chi connectivity index (χ2v) is 6.86. The molecule has 7 heteroatoms. The number of aromatic amines is 1. The molecule has 0 atom stereocenters. The molecule has 0 aliphatic carbocycles. The Bertz CT molecular complexity index is 1130. The number of nitriles is 1. The standard InChI is InChI=1S/C21H19N5O2/c1-14-11-23-21(28)26(14)19-7-3-5-16(9-19)20(27)25-12-18(13-25)24-17-6-2-4-15(8-17)10-22/h2-9,11,18,24H,12-13H2,1H3,(H,23,28). The summed E-state index contributed by atoms with van der Waals surface area (Å²) in [4.78, 5) is 29.2. The maximum atomic E-state index is 12.8. The second kappa shape index (κ2) is 7.08. The number of aromatic nitrogens is 2. The van der Waals surface area contributed by atoms with Gasteiger partial charge in [0.25, 0.3) is 5.91 Å². The molecule has 0 spiro atoms. The van der Waals surface area contributed by atoms with Crippen LogP contribution in [0, 0.1) is 18.3 Å². The molecule has 1 amide bonds. The number of hydrogen-bond donors (Lipinski definition) is 2. The van der Waals surface area contributed by atoms with Crippen LogP contribution in [0.4, 0.5) is 5.69 Å². The van der Waals surface area contributed by atoms with E-state index in [0.717, 1.165) is 11.4 Å². The van der Waals surface area contributed by atoms with Crippen molar-refractivity contribution in [2.75, 3.05) is 18.4 Å². The van der Waals surface area contributed by atoms with E-state index in [9.17, 15) is 9.59 Å². The van der Waals surface area contributed by atoms with Crippen molar-refractivity contribution in [3.05, 3.63) is 82.0 Å². The monoisotopic (exact) mass is 373 g/mol. The minimum Gasteiger partial charge on any atom is -0.379 e. The summed E-state index contributed by atoms with van der Waals surface area (Å²) in [5.74, 6) is -0.0630. The minimum atomic E-state index is -0.227. The molecule has 1 fully saturated rings. The van der Waals surface area contributed by atoms with E-state index in [1.165, 1.54) is 0 Å². The zero-order valence-corrected chi connectivity index (χ0v) is 15.3. The van der Waals surface area contributed by atoms with Crippen molar-refractivity contribution in [1.82, 2.24) is 14.5 Å². The first-order valence-corrected chi connectivity index (χ1v) is 8.98. The predicted molar refractivity (Wildman–Crippen MR) is 106 cm³/mol. The average molecular weight is 373 g/mol. The fourth-order valence-corrected chi connectivity index (χ4v) is 3.39. The molecule has 28 heavy (non-hydrogen) atoms. The Kier molecular flexibility index (Phi) is 4.45. The molecular formula is C21H19N5O2. The van der Waals surface area contributed by atoms with Crippen LogP contribution in [0.2, 0.25) is 0 Å². The Hall–Kier alpha value is -3.79. The molecular weight excluding hydrogens is 354 g/mol. The Morgan fingerprint density at radius 3 is 2.71 bits per heavy atom. The van der Waals surface area contributed by atoms with Gasteiger partial charge in [-0.05, 0) is 43.3 Å². The van der Waals surface area contributed by atoms with E-state index in [0.29, 0.717) is 29.9 Å². The molecule has 0 saturated carbocycles. The summed E-state index contributed by atoms with van der Waals surface area (Å²) >= 11 is 0. The van der Waals surface area contributed by atoms with E-state index in [1.54, 1.807) is 46.0 Å². The number of H-pyrrole nitrogens is 1. The first-order valence-electron chi connectivity index (χ1n) is 8.98. The number of aryl methyl sites for hydroxylation is 1. The van der Waals surface area contributed by atoms with Crippen LogP contribution in [-0.2, 0) is 0 Å². The maximum absolute atomic E-state index is 12.8. The second-order valence-electron chi connectivity index (χ2n) is 6.86. The number of likely N-dealkylation sites (tertiary alicyclic amines) is 1. The Morgan fingerprint density at radius 1 is 1.21 bits per heavy atom. The molecule has 4 rings (SSSR count). The Morgan fingerprint density at radius 2 is 2.00 bits per heavy atom. The van der Waals surface area contributed by atoms with E-state index in [4.69, 9.17) is 5.26 Å². The van der Waals surface area contributed by atoms with E-state index < -0.39 is 0 Å². The van der Waals surface area contributed by atoms with Crippen LogP contribution in [0.1, 0.15) is 21.6 Å². The number of benzene rings is 2. The third-order valence-electron chi connectivity index (χ3n) is 4.84. The van der Waals surface area contributed by atoms with Crippen molar-refractivity contribution < 1.29 is 4.79 Å². The summed E-state index contributed by atoms with van der Waals surface area (Å²) < 4.78 is 1.54. The van der Waals surface area contributed by atoms with Crippen molar-refractivity contribution in [3.63, 3.8) is 0 Å². The van der Waals surface area contributed by atoms with Crippen molar-refractivity contribution in [2.24, 2.45) is 0 Å². The largest absolute Gasteiger partial charge is 0.379 e. The number of imidazole rings is 1. The third kappa shape index (κ3) is 3.28. The molecule has 140 valence electrons. The lowest BCUT2D eigenvalue weighted by Gasteiger charge is -2.40. The quantitative estimate of drug-likeness (QED) is 0.734. The molecule has 2 N–H and O–H groups in total. The highest BCUT2D eigenvalue weighted by Gasteiger charge is 2.31. The van der Waals surface area contributed by atoms with E-state index in [-0.39, 0.29) is 17.6 Å². The third-order valence-corrected chi connectivity index (χ3v) is 4.84. The average Bonchev–Trinajstić information content (AvgIpc) is 3.02. The van der Waals surface area contributed by atoms with Gasteiger partial charge in [-0.2, -0.15) is 5.26 Å². The summed E-state index contributed by atoms with van der Waals surface area (Å²) in [6.45, 7) is 3.01. The van der Waals surface area contributed by atoms with Gasteiger partial charge in [-0.1, -0.05) is 12.1 Å². The molecule has 0 bridgehead atoms.